The molecule has 0 amide bonds. The van der Waals surface area contributed by atoms with Crippen molar-refractivity contribution >= 4 is 34.2 Å². The van der Waals surface area contributed by atoms with Gasteiger partial charge in [0.1, 0.15) is 6.54 Å². The zero-order valence-electron chi connectivity index (χ0n) is 9.93. The molecule has 0 aliphatic rings. The van der Waals surface area contributed by atoms with Crippen LogP contribution in [0.4, 0.5) is 5.69 Å². The van der Waals surface area contributed by atoms with Crippen LogP contribution in [0.1, 0.15) is 6.92 Å². The molecule has 0 aliphatic carbocycles. The van der Waals surface area contributed by atoms with Crippen LogP contribution in [0.15, 0.2) is 30.5 Å². The first-order valence-corrected chi connectivity index (χ1v) is 6.00. The molecule has 0 spiro atoms. The highest BCUT2D eigenvalue weighted by Crippen LogP contribution is 2.27. The maximum atomic E-state index is 10.9. The first kappa shape index (κ1) is 12.6. The number of aromatic nitrogens is 1. The molecule has 0 atom stereocenters. The van der Waals surface area contributed by atoms with E-state index in [0.29, 0.717) is 11.6 Å². The molecular weight excluding hydrogens is 252 g/mol. The van der Waals surface area contributed by atoms with Gasteiger partial charge in [-0.25, -0.2) is 0 Å². The highest BCUT2D eigenvalue weighted by molar-refractivity contribution is 6.31. The van der Waals surface area contributed by atoms with E-state index in [4.69, 9.17) is 16.7 Å². The SMILES string of the molecule is CCN(CC(=O)O)c1ccnc2cc(Cl)ccc12. The van der Waals surface area contributed by atoms with Gasteiger partial charge in [0.15, 0.2) is 0 Å². The number of anilines is 1. The third kappa shape index (κ3) is 2.54. The molecule has 0 saturated heterocycles. The van der Waals surface area contributed by atoms with Crippen molar-refractivity contribution in [2.24, 2.45) is 0 Å². The lowest BCUT2D eigenvalue weighted by atomic mass is 10.1. The molecular formula is C13H13ClN2O2. The topological polar surface area (TPSA) is 53.4 Å². The Morgan fingerprint density at radius 3 is 2.89 bits per heavy atom. The third-order valence-corrected chi connectivity index (χ3v) is 2.97. The largest absolute Gasteiger partial charge is 0.480 e. The average Bonchev–Trinajstić information content (AvgIpc) is 2.34. The predicted octanol–water partition coefficient (Wildman–Crippen LogP) is 2.80. The van der Waals surface area contributed by atoms with Gasteiger partial charge in [-0.1, -0.05) is 11.6 Å². The molecule has 0 radical (unpaired) electrons. The molecule has 0 aliphatic heterocycles. The molecule has 0 bridgehead atoms. The third-order valence-electron chi connectivity index (χ3n) is 2.73. The van der Waals surface area contributed by atoms with Crippen LogP contribution in [0.2, 0.25) is 5.02 Å². The van der Waals surface area contributed by atoms with Crippen LogP contribution < -0.4 is 4.90 Å². The Labute approximate surface area is 110 Å². The second-order valence-electron chi connectivity index (χ2n) is 3.90. The van der Waals surface area contributed by atoms with E-state index < -0.39 is 5.97 Å². The van der Waals surface area contributed by atoms with E-state index in [1.54, 1.807) is 23.2 Å². The van der Waals surface area contributed by atoms with Gasteiger partial charge in [0.05, 0.1) is 5.52 Å². The average molecular weight is 265 g/mol. The van der Waals surface area contributed by atoms with E-state index in [-0.39, 0.29) is 6.54 Å². The summed E-state index contributed by atoms with van der Waals surface area (Å²) >= 11 is 5.92. The van der Waals surface area contributed by atoms with Crippen LogP contribution in [0.3, 0.4) is 0 Å². The minimum atomic E-state index is -0.851. The zero-order valence-corrected chi connectivity index (χ0v) is 10.7. The van der Waals surface area contributed by atoms with Crippen molar-refractivity contribution in [2.75, 3.05) is 18.0 Å². The van der Waals surface area contributed by atoms with Crippen molar-refractivity contribution in [3.8, 4) is 0 Å². The van der Waals surface area contributed by atoms with Gasteiger partial charge in [-0.15, -0.1) is 0 Å². The Balaban J connectivity index is 2.52. The number of aliphatic carboxylic acids is 1. The summed E-state index contributed by atoms with van der Waals surface area (Å²) in [6, 6.07) is 7.24. The Bertz CT molecular complexity index is 586. The highest BCUT2D eigenvalue weighted by Gasteiger charge is 2.12. The molecule has 1 aromatic heterocycles. The van der Waals surface area contributed by atoms with Crippen molar-refractivity contribution in [1.29, 1.82) is 0 Å². The number of carboxylic acids is 1. The summed E-state index contributed by atoms with van der Waals surface area (Å²) < 4.78 is 0. The Morgan fingerprint density at radius 1 is 1.44 bits per heavy atom. The van der Waals surface area contributed by atoms with Crippen LogP contribution in [-0.4, -0.2) is 29.1 Å². The molecule has 1 N–H and O–H groups in total. The van der Waals surface area contributed by atoms with Gasteiger partial charge in [-0.05, 0) is 31.2 Å². The van der Waals surface area contributed by atoms with Gasteiger partial charge in [0, 0.05) is 28.8 Å². The molecule has 2 rings (SSSR count). The number of nitrogens with zero attached hydrogens (tertiary/aromatic N) is 2. The maximum absolute atomic E-state index is 10.9. The van der Waals surface area contributed by atoms with Gasteiger partial charge in [-0.3, -0.25) is 9.78 Å². The van der Waals surface area contributed by atoms with E-state index in [0.717, 1.165) is 16.6 Å². The van der Waals surface area contributed by atoms with E-state index in [1.807, 2.05) is 19.1 Å². The first-order chi connectivity index (χ1) is 8.61. The number of hydrogen-bond donors (Lipinski definition) is 1. The van der Waals surface area contributed by atoms with Gasteiger partial charge in [-0.2, -0.15) is 0 Å². The number of carbonyl (C=O) groups is 1. The standard InChI is InChI=1S/C13H13ClN2O2/c1-2-16(8-13(17)18)12-5-6-15-11-7-9(14)3-4-10(11)12/h3-7H,2,8H2,1H3,(H,17,18). The lowest BCUT2D eigenvalue weighted by Crippen LogP contribution is -2.29. The van der Waals surface area contributed by atoms with E-state index in [2.05, 4.69) is 4.98 Å². The lowest BCUT2D eigenvalue weighted by molar-refractivity contribution is -0.135. The number of carboxylic acid groups (broad SMARTS) is 1. The minimum Gasteiger partial charge on any atom is -0.480 e. The van der Waals surface area contributed by atoms with Gasteiger partial charge in [0.25, 0.3) is 0 Å². The van der Waals surface area contributed by atoms with Crippen LogP contribution in [0.25, 0.3) is 10.9 Å². The first-order valence-electron chi connectivity index (χ1n) is 5.63. The summed E-state index contributed by atoms with van der Waals surface area (Å²) in [5.74, 6) is -0.851. The number of hydrogen-bond acceptors (Lipinski definition) is 3. The fourth-order valence-corrected chi connectivity index (χ4v) is 2.08. The number of fused-ring (bicyclic) bond motifs is 1. The van der Waals surface area contributed by atoms with Gasteiger partial charge < -0.3 is 10.0 Å². The summed E-state index contributed by atoms with van der Waals surface area (Å²) in [6.45, 7) is 2.51. The maximum Gasteiger partial charge on any atom is 0.323 e. The van der Waals surface area contributed by atoms with Crippen LogP contribution in [-0.2, 0) is 4.79 Å². The Kier molecular flexibility index (Phi) is 3.67. The minimum absolute atomic E-state index is 0.0295. The summed E-state index contributed by atoms with van der Waals surface area (Å²) in [5, 5.41) is 10.4. The van der Waals surface area contributed by atoms with Crippen LogP contribution >= 0.6 is 11.6 Å². The summed E-state index contributed by atoms with van der Waals surface area (Å²) in [4.78, 5) is 16.9. The van der Waals surface area contributed by atoms with Crippen molar-refractivity contribution in [1.82, 2.24) is 4.98 Å². The summed E-state index contributed by atoms with van der Waals surface area (Å²) in [7, 11) is 0. The molecule has 18 heavy (non-hydrogen) atoms. The second kappa shape index (κ2) is 5.23. The number of likely N-dealkylation sites (N-methyl/N-ethyl adjacent to an activating group) is 1. The van der Waals surface area contributed by atoms with E-state index in [1.165, 1.54) is 0 Å². The number of halogens is 1. The molecule has 1 aromatic carbocycles. The van der Waals surface area contributed by atoms with Crippen molar-refractivity contribution in [2.45, 2.75) is 6.92 Å². The second-order valence-corrected chi connectivity index (χ2v) is 4.34. The quantitative estimate of drug-likeness (QED) is 0.923. The monoisotopic (exact) mass is 264 g/mol. The molecule has 0 saturated carbocycles. The van der Waals surface area contributed by atoms with Crippen LogP contribution in [0, 0.1) is 0 Å². The fraction of sp³-hybridized carbons (Fsp3) is 0.231. The number of rotatable bonds is 4. The van der Waals surface area contributed by atoms with Crippen molar-refractivity contribution in [3.05, 3.63) is 35.5 Å². The fourth-order valence-electron chi connectivity index (χ4n) is 1.91. The molecule has 0 unspecified atom stereocenters. The highest BCUT2D eigenvalue weighted by atomic mass is 35.5. The smallest absolute Gasteiger partial charge is 0.323 e. The normalized spacial score (nSPS) is 10.6. The molecule has 94 valence electrons. The zero-order chi connectivity index (χ0) is 13.1. The van der Waals surface area contributed by atoms with Gasteiger partial charge in [0.2, 0.25) is 0 Å². The predicted molar refractivity (Wildman–Crippen MR) is 72.3 cm³/mol. The summed E-state index contributed by atoms with van der Waals surface area (Å²) in [5.41, 5.74) is 1.63. The van der Waals surface area contributed by atoms with Crippen molar-refractivity contribution < 1.29 is 9.90 Å². The lowest BCUT2D eigenvalue weighted by Gasteiger charge is -2.22. The molecule has 1 heterocycles. The number of benzene rings is 1. The Hall–Kier alpha value is -1.81. The molecule has 5 heteroatoms. The Morgan fingerprint density at radius 2 is 2.22 bits per heavy atom. The molecule has 2 aromatic rings. The molecule has 4 nitrogen and oxygen atoms in total. The number of pyridine rings is 1. The van der Waals surface area contributed by atoms with Crippen molar-refractivity contribution in [3.63, 3.8) is 0 Å². The van der Waals surface area contributed by atoms with E-state index in [9.17, 15) is 4.79 Å². The van der Waals surface area contributed by atoms with Crippen LogP contribution in [0.5, 0.6) is 0 Å². The van der Waals surface area contributed by atoms with Gasteiger partial charge >= 0.3 is 5.97 Å². The van der Waals surface area contributed by atoms with E-state index >= 15 is 0 Å². The molecule has 0 fully saturated rings. The summed E-state index contributed by atoms with van der Waals surface area (Å²) in [6.07, 6.45) is 1.67.